The van der Waals surface area contributed by atoms with Crippen molar-refractivity contribution in [1.29, 1.82) is 0 Å². The van der Waals surface area contributed by atoms with Crippen molar-refractivity contribution in [3.05, 3.63) is 105 Å². The molecule has 11 heteroatoms. The summed E-state index contributed by atoms with van der Waals surface area (Å²) in [4.78, 5) is 28.4. The van der Waals surface area contributed by atoms with Crippen molar-refractivity contribution >= 4 is 46.0 Å². The second-order valence-corrected chi connectivity index (χ2v) is 13.7. The van der Waals surface area contributed by atoms with Crippen LogP contribution in [0.3, 0.4) is 0 Å². The SMILES string of the molecule is C[C@]1(CC(=O)O)C[C@H](c2cccc(Cl)c2)[C@@H](c2ccc(Cl)cc2)N([C@H](CN(Cc2ccccc2F)[SH](=O)=O)C2CC2)C1=O. The van der Waals surface area contributed by atoms with Crippen LogP contribution in [0.15, 0.2) is 72.8 Å². The van der Waals surface area contributed by atoms with Crippen molar-refractivity contribution in [3.8, 4) is 0 Å². The molecule has 4 atom stereocenters. The number of piperidine rings is 1. The highest BCUT2D eigenvalue weighted by Gasteiger charge is 2.54. The number of likely N-dealkylation sites (tertiary alicyclic amines) is 1. The van der Waals surface area contributed by atoms with E-state index in [9.17, 15) is 27.5 Å². The molecule has 1 aliphatic carbocycles. The highest BCUT2D eigenvalue weighted by Crippen LogP contribution is 2.54. The molecule has 3 aromatic rings. The minimum absolute atomic E-state index is 0.0102. The van der Waals surface area contributed by atoms with Crippen LogP contribution in [-0.2, 0) is 27.0 Å². The summed E-state index contributed by atoms with van der Waals surface area (Å²) in [6.07, 6.45) is 1.41. The van der Waals surface area contributed by atoms with E-state index < -0.39 is 40.2 Å². The van der Waals surface area contributed by atoms with E-state index in [1.165, 1.54) is 22.5 Å². The number of carbonyl (C=O) groups is 2. The number of amides is 1. The minimum Gasteiger partial charge on any atom is -0.481 e. The summed E-state index contributed by atoms with van der Waals surface area (Å²) >= 11 is 12.7. The molecule has 228 valence electrons. The zero-order chi connectivity index (χ0) is 30.9. The standard InChI is InChI=1S/C32H33Cl2FN2O5S/c1-32(17-29(38)39)16-26(22-6-4-7-25(34)15-22)30(21-11-13-24(33)14-12-21)37(31(32)40)28(20-9-10-20)19-36(43(41)42)18-23-5-2-3-8-27(23)35/h2-8,11-15,20,26,28,30,43H,9-10,16-19H2,1H3,(H,38,39)/t26-,28-,30-,32-/m1/s1. The fourth-order valence-electron chi connectivity index (χ4n) is 6.42. The molecule has 0 radical (unpaired) electrons. The fourth-order valence-corrected chi connectivity index (χ4v) is 7.31. The predicted molar refractivity (Wildman–Crippen MR) is 164 cm³/mol. The van der Waals surface area contributed by atoms with Gasteiger partial charge in [-0.1, -0.05) is 72.6 Å². The van der Waals surface area contributed by atoms with Gasteiger partial charge in [-0.2, -0.15) is 4.31 Å². The van der Waals surface area contributed by atoms with E-state index in [1.807, 2.05) is 30.3 Å². The molecule has 0 bridgehead atoms. The summed E-state index contributed by atoms with van der Waals surface area (Å²) in [6, 6.07) is 19.4. The van der Waals surface area contributed by atoms with Crippen LogP contribution < -0.4 is 0 Å². The van der Waals surface area contributed by atoms with Crippen LogP contribution in [0.1, 0.15) is 61.3 Å². The Kier molecular flexibility index (Phi) is 9.46. The maximum atomic E-state index is 14.6. The average molecular weight is 648 g/mol. The zero-order valence-electron chi connectivity index (χ0n) is 23.5. The molecule has 1 saturated carbocycles. The van der Waals surface area contributed by atoms with Gasteiger partial charge in [0, 0.05) is 40.7 Å². The first-order valence-electron chi connectivity index (χ1n) is 14.1. The lowest BCUT2D eigenvalue weighted by atomic mass is 9.67. The zero-order valence-corrected chi connectivity index (χ0v) is 25.9. The van der Waals surface area contributed by atoms with Gasteiger partial charge in [0.15, 0.2) is 0 Å². The quantitative estimate of drug-likeness (QED) is 0.233. The summed E-state index contributed by atoms with van der Waals surface area (Å²) in [6.45, 7) is 1.42. The van der Waals surface area contributed by atoms with Crippen molar-refractivity contribution in [3.63, 3.8) is 0 Å². The van der Waals surface area contributed by atoms with E-state index in [0.29, 0.717) is 10.0 Å². The Hall–Kier alpha value is -2.98. The highest BCUT2D eigenvalue weighted by atomic mass is 35.5. The molecule has 2 fully saturated rings. The van der Waals surface area contributed by atoms with Crippen molar-refractivity contribution in [2.24, 2.45) is 11.3 Å². The molecule has 1 saturated heterocycles. The van der Waals surface area contributed by atoms with Crippen LogP contribution in [0, 0.1) is 17.2 Å². The number of benzene rings is 3. The maximum Gasteiger partial charge on any atom is 0.304 e. The van der Waals surface area contributed by atoms with Gasteiger partial charge in [0.2, 0.25) is 16.8 Å². The normalized spacial score (nSPS) is 23.1. The van der Waals surface area contributed by atoms with Gasteiger partial charge in [0.05, 0.1) is 17.9 Å². The van der Waals surface area contributed by atoms with Gasteiger partial charge in [-0.25, -0.2) is 12.8 Å². The molecule has 1 aliphatic heterocycles. The molecular weight excluding hydrogens is 614 g/mol. The molecule has 0 unspecified atom stereocenters. The number of carboxylic acid groups (broad SMARTS) is 1. The highest BCUT2D eigenvalue weighted by molar-refractivity contribution is 7.69. The lowest BCUT2D eigenvalue weighted by Crippen LogP contribution is -2.58. The summed E-state index contributed by atoms with van der Waals surface area (Å²) in [5, 5.41) is 10.9. The molecular formula is C32H33Cl2FN2O5S. The van der Waals surface area contributed by atoms with E-state index in [1.54, 1.807) is 36.1 Å². The Bertz CT molecular complexity index is 1570. The Morgan fingerprint density at radius 1 is 1.05 bits per heavy atom. The first-order chi connectivity index (χ1) is 20.5. The molecule has 43 heavy (non-hydrogen) atoms. The molecule has 1 N–H and O–H groups in total. The van der Waals surface area contributed by atoms with Crippen molar-refractivity contribution in [2.75, 3.05) is 6.54 Å². The van der Waals surface area contributed by atoms with Crippen LogP contribution in [0.4, 0.5) is 4.39 Å². The van der Waals surface area contributed by atoms with Gasteiger partial charge >= 0.3 is 5.97 Å². The number of carbonyl (C=O) groups excluding carboxylic acids is 1. The number of hydrogen-bond acceptors (Lipinski definition) is 4. The fraction of sp³-hybridized carbons (Fsp3) is 0.375. The Morgan fingerprint density at radius 2 is 1.74 bits per heavy atom. The van der Waals surface area contributed by atoms with Gasteiger partial charge in [-0.3, -0.25) is 9.59 Å². The predicted octanol–water partition coefficient (Wildman–Crippen LogP) is 6.48. The Labute approximate surface area is 262 Å². The number of rotatable bonds is 11. The second kappa shape index (κ2) is 12.9. The van der Waals surface area contributed by atoms with Crippen molar-refractivity contribution < 1.29 is 27.5 Å². The number of nitrogens with zero attached hydrogens (tertiary/aromatic N) is 2. The summed E-state index contributed by atoms with van der Waals surface area (Å²) in [7, 11) is -3.13. The third-order valence-corrected chi connectivity index (χ3v) is 9.85. The largest absolute Gasteiger partial charge is 0.481 e. The lowest BCUT2D eigenvalue weighted by molar-refractivity contribution is -0.161. The topological polar surface area (TPSA) is 95.0 Å². The molecule has 5 rings (SSSR count). The monoisotopic (exact) mass is 646 g/mol. The van der Waals surface area contributed by atoms with Gasteiger partial charge in [0.1, 0.15) is 5.82 Å². The van der Waals surface area contributed by atoms with Crippen molar-refractivity contribution in [2.45, 2.75) is 57.2 Å². The van der Waals surface area contributed by atoms with E-state index in [0.717, 1.165) is 24.0 Å². The molecule has 2 aliphatic rings. The molecule has 7 nitrogen and oxygen atoms in total. The van der Waals surface area contributed by atoms with Gasteiger partial charge < -0.3 is 10.0 Å². The Morgan fingerprint density at radius 3 is 2.35 bits per heavy atom. The van der Waals surface area contributed by atoms with Crippen LogP contribution in [0.2, 0.25) is 10.0 Å². The third kappa shape index (κ3) is 7.06. The second-order valence-electron chi connectivity index (χ2n) is 11.8. The smallest absolute Gasteiger partial charge is 0.304 e. The average Bonchev–Trinajstić information content (AvgIpc) is 3.79. The third-order valence-electron chi connectivity index (χ3n) is 8.59. The molecule has 0 spiro atoms. The molecule has 0 aromatic heterocycles. The summed E-state index contributed by atoms with van der Waals surface area (Å²) in [5.41, 5.74) is 0.584. The van der Waals surface area contributed by atoms with Crippen LogP contribution >= 0.6 is 23.2 Å². The number of halogens is 3. The number of hydrogen-bond donors (Lipinski definition) is 2. The molecule has 1 amide bonds. The van der Waals surface area contributed by atoms with E-state index in [2.05, 4.69) is 0 Å². The number of carboxylic acids is 1. The number of aliphatic carboxylic acids is 1. The first-order valence-corrected chi connectivity index (χ1v) is 16.0. The Balaban J connectivity index is 1.65. The maximum absolute atomic E-state index is 14.6. The van der Waals surface area contributed by atoms with E-state index in [4.69, 9.17) is 23.2 Å². The van der Waals surface area contributed by atoms with Crippen LogP contribution in [0.25, 0.3) is 0 Å². The first kappa shape index (κ1) is 31.4. The molecule has 1 heterocycles. The summed E-state index contributed by atoms with van der Waals surface area (Å²) < 4.78 is 40.9. The number of thiol groups is 1. The van der Waals surface area contributed by atoms with Crippen LogP contribution in [-0.4, -0.2) is 47.2 Å². The molecule has 3 aromatic carbocycles. The summed E-state index contributed by atoms with van der Waals surface area (Å²) in [5.74, 6) is -2.34. The van der Waals surface area contributed by atoms with Crippen LogP contribution in [0.5, 0.6) is 0 Å². The van der Waals surface area contributed by atoms with Gasteiger partial charge in [-0.15, -0.1) is 0 Å². The van der Waals surface area contributed by atoms with Gasteiger partial charge in [-0.05, 0) is 66.6 Å². The van der Waals surface area contributed by atoms with E-state index in [-0.39, 0.29) is 49.2 Å². The van der Waals surface area contributed by atoms with Crippen molar-refractivity contribution in [1.82, 2.24) is 9.21 Å². The van der Waals surface area contributed by atoms with E-state index >= 15 is 0 Å². The van der Waals surface area contributed by atoms with Gasteiger partial charge in [0.25, 0.3) is 0 Å². The minimum atomic E-state index is -3.13. The lowest BCUT2D eigenvalue weighted by Gasteiger charge is -2.52.